The molecule has 1 amide bonds. The molecule has 1 atom stereocenters. The average Bonchev–Trinajstić information content (AvgIpc) is 2.87. The lowest BCUT2D eigenvalue weighted by atomic mass is 10.1. The Hall–Kier alpha value is -1.62. The molecule has 1 aromatic rings. The number of aryl methyl sites for hydroxylation is 1. The quantitative estimate of drug-likeness (QED) is 0.751. The van der Waals surface area contributed by atoms with Crippen molar-refractivity contribution in [2.75, 3.05) is 18.1 Å². The number of sulfone groups is 1. The third-order valence-electron chi connectivity index (χ3n) is 4.18. The molecule has 126 valence electrons. The molecule has 4 nitrogen and oxygen atoms in total. The van der Waals surface area contributed by atoms with Gasteiger partial charge in [-0.15, -0.1) is 0 Å². The van der Waals surface area contributed by atoms with E-state index in [2.05, 4.69) is 6.92 Å². The Bertz CT molecular complexity index is 662. The fourth-order valence-corrected chi connectivity index (χ4v) is 4.49. The Morgan fingerprint density at radius 2 is 2.00 bits per heavy atom. The molecule has 1 fully saturated rings. The Morgan fingerprint density at radius 1 is 1.30 bits per heavy atom. The largest absolute Gasteiger partial charge is 0.335 e. The molecule has 1 saturated heterocycles. The fraction of sp³-hybridized carbons (Fsp3) is 0.500. The number of hydrogen-bond acceptors (Lipinski definition) is 3. The van der Waals surface area contributed by atoms with Crippen LogP contribution in [0.5, 0.6) is 0 Å². The highest BCUT2D eigenvalue weighted by Crippen LogP contribution is 2.19. The van der Waals surface area contributed by atoms with Gasteiger partial charge < -0.3 is 4.90 Å². The molecule has 5 heteroatoms. The number of amides is 1. The second-order valence-electron chi connectivity index (χ2n) is 6.19. The summed E-state index contributed by atoms with van der Waals surface area (Å²) in [6, 6.07) is 7.76. The van der Waals surface area contributed by atoms with Gasteiger partial charge in [0.2, 0.25) is 5.91 Å². The molecule has 0 N–H and O–H groups in total. The molecule has 0 saturated carbocycles. The van der Waals surface area contributed by atoms with Crippen molar-refractivity contribution in [3.8, 4) is 0 Å². The molecular weight excluding hydrogens is 310 g/mol. The van der Waals surface area contributed by atoms with E-state index in [1.165, 1.54) is 5.56 Å². The van der Waals surface area contributed by atoms with Gasteiger partial charge in [-0.1, -0.05) is 43.2 Å². The van der Waals surface area contributed by atoms with Gasteiger partial charge in [0.15, 0.2) is 9.84 Å². The van der Waals surface area contributed by atoms with Crippen molar-refractivity contribution in [2.24, 2.45) is 0 Å². The molecule has 23 heavy (non-hydrogen) atoms. The van der Waals surface area contributed by atoms with Gasteiger partial charge in [0.1, 0.15) is 0 Å². The molecule has 1 heterocycles. The zero-order valence-corrected chi connectivity index (χ0v) is 14.7. The highest BCUT2D eigenvalue weighted by Gasteiger charge is 2.33. The minimum atomic E-state index is -2.99. The second kappa shape index (κ2) is 7.77. The molecule has 2 rings (SSSR count). The number of benzene rings is 1. The summed E-state index contributed by atoms with van der Waals surface area (Å²) in [5.41, 5.74) is 2.15. The smallest absolute Gasteiger partial charge is 0.246 e. The maximum atomic E-state index is 12.5. The summed E-state index contributed by atoms with van der Waals surface area (Å²) in [5.74, 6) is 0.192. The summed E-state index contributed by atoms with van der Waals surface area (Å²) in [4.78, 5) is 14.3. The van der Waals surface area contributed by atoms with Crippen molar-refractivity contribution >= 4 is 21.8 Å². The number of unbranched alkanes of at least 4 members (excludes halogenated alkanes) is 1. The molecule has 0 bridgehead atoms. The number of hydrogen-bond donors (Lipinski definition) is 0. The first kappa shape index (κ1) is 17.7. The number of rotatable bonds is 6. The van der Waals surface area contributed by atoms with E-state index >= 15 is 0 Å². The van der Waals surface area contributed by atoms with Gasteiger partial charge in [-0.25, -0.2) is 8.42 Å². The van der Waals surface area contributed by atoms with Crippen molar-refractivity contribution in [1.82, 2.24) is 4.90 Å². The fourth-order valence-electron chi connectivity index (χ4n) is 2.76. The van der Waals surface area contributed by atoms with E-state index in [0.29, 0.717) is 13.0 Å². The van der Waals surface area contributed by atoms with Gasteiger partial charge in [0.05, 0.1) is 11.5 Å². The van der Waals surface area contributed by atoms with E-state index in [1.807, 2.05) is 31.2 Å². The van der Waals surface area contributed by atoms with Crippen LogP contribution in [0.25, 0.3) is 6.08 Å². The summed E-state index contributed by atoms with van der Waals surface area (Å²) in [7, 11) is -2.99. The van der Waals surface area contributed by atoms with Crippen LogP contribution in [0.2, 0.25) is 0 Å². The Morgan fingerprint density at radius 3 is 2.57 bits per heavy atom. The minimum Gasteiger partial charge on any atom is -0.335 e. The van der Waals surface area contributed by atoms with E-state index in [4.69, 9.17) is 0 Å². The van der Waals surface area contributed by atoms with Crippen LogP contribution in [-0.4, -0.2) is 43.3 Å². The van der Waals surface area contributed by atoms with E-state index in [0.717, 1.165) is 18.4 Å². The van der Waals surface area contributed by atoms with Crippen LogP contribution in [0.3, 0.4) is 0 Å². The monoisotopic (exact) mass is 335 g/mol. The van der Waals surface area contributed by atoms with E-state index < -0.39 is 9.84 Å². The lowest BCUT2D eigenvalue weighted by molar-refractivity contribution is -0.127. The summed E-state index contributed by atoms with van der Waals surface area (Å²) in [6.45, 7) is 4.70. The summed E-state index contributed by atoms with van der Waals surface area (Å²) >= 11 is 0. The topological polar surface area (TPSA) is 54.5 Å². The van der Waals surface area contributed by atoms with Gasteiger partial charge in [-0.05, 0) is 31.4 Å². The molecular formula is C18H25NO3S. The first-order valence-corrected chi connectivity index (χ1v) is 9.99. The van der Waals surface area contributed by atoms with Crippen LogP contribution in [0.1, 0.15) is 37.3 Å². The predicted octanol–water partition coefficient (Wildman–Crippen LogP) is 2.82. The van der Waals surface area contributed by atoms with Crippen molar-refractivity contribution in [3.05, 3.63) is 41.5 Å². The number of nitrogens with zero attached hydrogens (tertiary/aromatic N) is 1. The van der Waals surface area contributed by atoms with Gasteiger partial charge in [-0.2, -0.15) is 0 Å². The zero-order chi connectivity index (χ0) is 16.9. The maximum Gasteiger partial charge on any atom is 0.246 e. The third kappa shape index (κ3) is 5.20. The Kier molecular flexibility index (Phi) is 5.99. The van der Waals surface area contributed by atoms with E-state index in [-0.39, 0.29) is 23.5 Å². The van der Waals surface area contributed by atoms with Crippen LogP contribution in [-0.2, 0) is 14.6 Å². The Balaban J connectivity index is 2.08. The first-order valence-electron chi connectivity index (χ1n) is 8.17. The average molecular weight is 335 g/mol. The molecule has 1 aliphatic heterocycles. The maximum absolute atomic E-state index is 12.5. The van der Waals surface area contributed by atoms with Gasteiger partial charge in [0.25, 0.3) is 0 Å². The minimum absolute atomic E-state index is 0.0962. The predicted molar refractivity (Wildman–Crippen MR) is 93.9 cm³/mol. The summed E-state index contributed by atoms with van der Waals surface area (Å²) < 4.78 is 23.4. The first-order chi connectivity index (χ1) is 10.9. The second-order valence-corrected chi connectivity index (χ2v) is 8.41. The number of carbonyl (C=O) groups is 1. The van der Waals surface area contributed by atoms with Crippen LogP contribution >= 0.6 is 0 Å². The van der Waals surface area contributed by atoms with E-state index in [9.17, 15) is 13.2 Å². The zero-order valence-electron chi connectivity index (χ0n) is 13.9. The van der Waals surface area contributed by atoms with Crippen LogP contribution < -0.4 is 0 Å². The Labute approximate surface area is 139 Å². The molecule has 0 spiro atoms. The molecule has 0 aliphatic carbocycles. The lowest BCUT2D eigenvalue weighted by Gasteiger charge is -2.27. The SMILES string of the molecule is CCCCN(C(=O)C=Cc1ccc(C)cc1)C1CCS(=O)(=O)C1. The standard InChI is InChI=1S/C18H25NO3S/c1-3-4-12-19(17-11-13-23(21,22)14-17)18(20)10-9-16-7-5-15(2)6-8-16/h5-10,17H,3-4,11-14H2,1-2H3. The van der Waals surface area contributed by atoms with Crippen LogP contribution in [0.4, 0.5) is 0 Å². The van der Waals surface area contributed by atoms with Crippen LogP contribution in [0, 0.1) is 6.92 Å². The molecule has 1 unspecified atom stereocenters. The van der Waals surface area contributed by atoms with Gasteiger partial charge in [-0.3, -0.25) is 4.79 Å². The molecule has 0 aromatic heterocycles. The molecule has 0 radical (unpaired) electrons. The van der Waals surface area contributed by atoms with Crippen molar-refractivity contribution in [3.63, 3.8) is 0 Å². The van der Waals surface area contributed by atoms with Crippen molar-refractivity contribution < 1.29 is 13.2 Å². The molecule has 1 aliphatic rings. The third-order valence-corrected chi connectivity index (χ3v) is 5.93. The summed E-state index contributed by atoms with van der Waals surface area (Å²) in [6.07, 6.45) is 5.77. The highest BCUT2D eigenvalue weighted by atomic mass is 32.2. The highest BCUT2D eigenvalue weighted by molar-refractivity contribution is 7.91. The number of carbonyl (C=O) groups excluding carboxylic acids is 1. The van der Waals surface area contributed by atoms with Crippen molar-refractivity contribution in [1.29, 1.82) is 0 Å². The van der Waals surface area contributed by atoms with Crippen molar-refractivity contribution in [2.45, 2.75) is 39.2 Å². The summed E-state index contributed by atoms with van der Waals surface area (Å²) in [5, 5.41) is 0. The lowest BCUT2D eigenvalue weighted by Crippen LogP contribution is -2.40. The van der Waals surface area contributed by atoms with Crippen LogP contribution in [0.15, 0.2) is 30.3 Å². The van der Waals surface area contributed by atoms with Gasteiger partial charge in [0, 0.05) is 18.7 Å². The van der Waals surface area contributed by atoms with Gasteiger partial charge >= 0.3 is 0 Å². The van der Waals surface area contributed by atoms with E-state index in [1.54, 1.807) is 17.1 Å². The molecule has 1 aromatic carbocycles. The normalized spacial score (nSPS) is 20.0.